The van der Waals surface area contributed by atoms with E-state index in [0.29, 0.717) is 30.2 Å². The Hall–Kier alpha value is -2.24. The zero-order valence-corrected chi connectivity index (χ0v) is 11.9. The molecule has 0 bridgehead atoms. The number of nitrogens with zero attached hydrogens (tertiary/aromatic N) is 1. The molecule has 0 radical (unpaired) electrons. The summed E-state index contributed by atoms with van der Waals surface area (Å²) in [7, 11) is 1.73. The standard InChI is InChI=1S/C14H19N3O3/c1-9(2)15-14(19)16-10-4-5-12-11(8-10)13(18)17(3)6-7-20-12/h4-5,8-9H,6-7H2,1-3H3,(H2,15,16,19). The minimum atomic E-state index is -0.296. The van der Waals surface area contributed by atoms with Crippen molar-refractivity contribution in [1.29, 1.82) is 0 Å². The van der Waals surface area contributed by atoms with Gasteiger partial charge in [-0.2, -0.15) is 0 Å². The molecule has 6 nitrogen and oxygen atoms in total. The lowest BCUT2D eigenvalue weighted by molar-refractivity contribution is 0.0796. The quantitative estimate of drug-likeness (QED) is 0.864. The van der Waals surface area contributed by atoms with Crippen LogP contribution >= 0.6 is 0 Å². The van der Waals surface area contributed by atoms with Gasteiger partial charge in [0, 0.05) is 18.8 Å². The number of benzene rings is 1. The molecule has 0 unspecified atom stereocenters. The Morgan fingerprint density at radius 1 is 1.40 bits per heavy atom. The van der Waals surface area contributed by atoms with E-state index < -0.39 is 0 Å². The summed E-state index contributed by atoms with van der Waals surface area (Å²) in [5.41, 5.74) is 1.03. The number of hydrogen-bond acceptors (Lipinski definition) is 3. The number of anilines is 1. The first-order valence-electron chi connectivity index (χ1n) is 6.57. The fourth-order valence-electron chi connectivity index (χ4n) is 1.93. The van der Waals surface area contributed by atoms with Crippen LogP contribution in [0, 0.1) is 0 Å². The summed E-state index contributed by atoms with van der Waals surface area (Å²) in [6.07, 6.45) is 0. The van der Waals surface area contributed by atoms with Crippen molar-refractivity contribution in [3.8, 4) is 5.75 Å². The number of carbonyl (C=O) groups excluding carboxylic acids is 2. The van der Waals surface area contributed by atoms with Crippen LogP contribution in [0.4, 0.5) is 10.5 Å². The minimum absolute atomic E-state index is 0.0481. The molecule has 0 aliphatic carbocycles. The van der Waals surface area contributed by atoms with E-state index in [1.807, 2.05) is 13.8 Å². The molecule has 0 saturated heterocycles. The van der Waals surface area contributed by atoms with E-state index in [9.17, 15) is 9.59 Å². The Kier molecular flexibility index (Phi) is 4.12. The number of fused-ring (bicyclic) bond motifs is 1. The van der Waals surface area contributed by atoms with E-state index in [4.69, 9.17) is 4.74 Å². The summed E-state index contributed by atoms with van der Waals surface area (Å²) in [4.78, 5) is 25.4. The van der Waals surface area contributed by atoms with Crippen molar-refractivity contribution >= 4 is 17.6 Å². The third-order valence-electron chi connectivity index (χ3n) is 2.92. The first-order chi connectivity index (χ1) is 9.47. The van der Waals surface area contributed by atoms with Gasteiger partial charge in [0.15, 0.2) is 0 Å². The van der Waals surface area contributed by atoms with Crippen molar-refractivity contribution in [2.75, 3.05) is 25.5 Å². The van der Waals surface area contributed by atoms with Gasteiger partial charge in [-0.15, -0.1) is 0 Å². The Morgan fingerprint density at radius 3 is 2.85 bits per heavy atom. The second kappa shape index (κ2) is 5.81. The van der Waals surface area contributed by atoms with Crippen LogP contribution in [0.25, 0.3) is 0 Å². The zero-order chi connectivity index (χ0) is 14.7. The lowest BCUT2D eigenvalue weighted by atomic mass is 10.1. The molecule has 0 fully saturated rings. The van der Waals surface area contributed by atoms with Crippen LogP contribution in [0.1, 0.15) is 24.2 Å². The van der Waals surface area contributed by atoms with Gasteiger partial charge in [-0.3, -0.25) is 4.79 Å². The van der Waals surface area contributed by atoms with Gasteiger partial charge in [0.2, 0.25) is 0 Å². The first-order valence-corrected chi connectivity index (χ1v) is 6.57. The van der Waals surface area contributed by atoms with Gasteiger partial charge in [0.1, 0.15) is 12.4 Å². The fourth-order valence-corrected chi connectivity index (χ4v) is 1.93. The third kappa shape index (κ3) is 3.20. The van der Waals surface area contributed by atoms with E-state index in [1.54, 1.807) is 30.1 Å². The predicted octanol–water partition coefficient (Wildman–Crippen LogP) is 1.68. The number of likely N-dealkylation sites (N-methyl/N-ethyl adjacent to an activating group) is 1. The summed E-state index contributed by atoms with van der Waals surface area (Å²) < 4.78 is 5.52. The van der Waals surface area contributed by atoms with E-state index in [0.717, 1.165) is 0 Å². The van der Waals surface area contributed by atoms with E-state index in [-0.39, 0.29) is 18.0 Å². The Morgan fingerprint density at radius 2 is 2.15 bits per heavy atom. The highest BCUT2D eigenvalue weighted by atomic mass is 16.5. The monoisotopic (exact) mass is 277 g/mol. The highest BCUT2D eigenvalue weighted by Gasteiger charge is 2.21. The molecule has 1 aliphatic heterocycles. The molecule has 2 N–H and O–H groups in total. The first kappa shape index (κ1) is 14.2. The lowest BCUT2D eigenvalue weighted by Crippen LogP contribution is -2.34. The second-order valence-electron chi connectivity index (χ2n) is 5.04. The molecule has 2 rings (SSSR count). The molecule has 1 aromatic carbocycles. The van der Waals surface area contributed by atoms with Gasteiger partial charge in [-0.25, -0.2) is 4.79 Å². The van der Waals surface area contributed by atoms with Crippen LogP contribution in [-0.2, 0) is 0 Å². The maximum Gasteiger partial charge on any atom is 0.319 e. The fraction of sp³-hybridized carbons (Fsp3) is 0.429. The number of hydrogen-bond donors (Lipinski definition) is 2. The predicted molar refractivity (Wildman–Crippen MR) is 76.2 cm³/mol. The summed E-state index contributed by atoms with van der Waals surface area (Å²) >= 11 is 0. The third-order valence-corrected chi connectivity index (χ3v) is 2.92. The average molecular weight is 277 g/mol. The van der Waals surface area contributed by atoms with Gasteiger partial charge in [0.25, 0.3) is 5.91 Å². The SMILES string of the molecule is CC(C)NC(=O)Nc1ccc2c(c1)C(=O)N(C)CCO2. The van der Waals surface area contributed by atoms with Crippen molar-refractivity contribution in [3.05, 3.63) is 23.8 Å². The highest BCUT2D eigenvalue weighted by molar-refractivity contribution is 5.99. The molecule has 1 aliphatic rings. The van der Waals surface area contributed by atoms with E-state index in [2.05, 4.69) is 10.6 Å². The van der Waals surface area contributed by atoms with Gasteiger partial charge in [-0.1, -0.05) is 0 Å². The van der Waals surface area contributed by atoms with Crippen LogP contribution in [0.2, 0.25) is 0 Å². The molecule has 0 atom stereocenters. The normalized spacial score (nSPS) is 14.4. The highest BCUT2D eigenvalue weighted by Crippen LogP contribution is 2.26. The molecule has 20 heavy (non-hydrogen) atoms. The Bertz CT molecular complexity index is 528. The van der Waals surface area contributed by atoms with E-state index in [1.165, 1.54) is 0 Å². The molecule has 0 aromatic heterocycles. The van der Waals surface area contributed by atoms with Crippen molar-refractivity contribution in [1.82, 2.24) is 10.2 Å². The molecule has 1 aromatic rings. The molecule has 6 heteroatoms. The number of carbonyl (C=O) groups is 2. The van der Waals surface area contributed by atoms with Crippen molar-refractivity contribution < 1.29 is 14.3 Å². The van der Waals surface area contributed by atoms with Crippen LogP contribution in [-0.4, -0.2) is 43.1 Å². The molecular weight excluding hydrogens is 258 g/mol. The molecule has 1 heterocycles. The minimum Gasteiger partial charge on any atom is -0.491 e. The smallest absolute Gasteiger partial charge is 0.319 e. The number of nitrogens with one attached hydrogen (secondary N) is 2. The molecule has 0 spiro atoms. The topological polar surface area (TPSA) is 70.7 Å². The molecular formula is C14H19N3O3. The van der Waals surface area contributed by atoms with Crippen molar-refractivity contribution in [3.63, 3.8) is 0 Å². The lowest BCUT2D eigenvalue weighted by Gasteiger charge is -2.14. The van der Waals surface area contributed by atoms with Crippen LogP contribution < -0.4 is 15.4 Å². The van der Waals surface area contributed by atoms with Gasteiger partial charge in [0.05, 0.1) is 12.1 Å². The van der Waals surface area contributed by atoms with Crippen LogP contribution in [0.5, 0.6) is 5.75 Å². The maximum absolute atomic E-state index is 12.2. The van der Waals surface area contributed by atoms with Gasteiger partial charge in [-0.05, 0) is 32.0 Å². The molecule has 0 saturated carbocycles. The number of rotatable bonds is 2. The number of amides is 3. The Labute approximate surface area is 118 Å². The van der Waals surface area contributed by atoms with Crippen LogP contribution in [0.3, 0.4) is 0 Å². The molecule has 108 valence electrons. The van der Waals surface area contributed by atoms with Crippen molar-refractivity contribution in [2.24, 2.45) is 0 Å². The molecule has 3 amide bonds. The Balaban J connectivity index is 2.20. The zero-order valence-electron chi connectivity index (χ0n) is 11.9. The largest absolute Gasteiger partial charge is 0.491 e. The average Bonchev–Trinajstić information content (AvgIpc) is 2.50. The summed E-state index contributed by atoms with van der Waals surface area (Å²) in [6, 6.07) is 4.82. The number of ether oxygens (including phenoxy) is 1. The van der Waals surface area contributed by atoms with Gasteiger partial charge < -0.3 is 20.3 Å². The van der Waals surface area contributed by atoms with E-state index >= 15 is 0 Å². The van der Waals surface area contributed by atoms with Gasteiger partial charge >= 0.3 is 6.03 Å². The summed E-state index contributed by atoms with van der Waals surface area (Å²) in [5, 5.41) is 5.43. The summed E-state index contributed by atoms with van der Waals surface area (Å²) in [5.74, 6) is 0.444. The van der Waals surface area contributed by atoms with Crippen LogP contribution in [0.15, 0.2) is 18.2 Å². The van der Waals surface area contributed by atoms with Crippen molar-refractivity contribution in [2.45, 2.75) is 19.9 Å². The second-order valence-corrected chi connectivity index (χ2v) is 5.04. The maximum atomic E-state index is 12.2. The number of urea groups is 1. The summed E-state index contributed by atoms with van der Waals surface area (Å²) in [6.45, 7) is 4.77.